The van der Waals surface area contributed by atoms with Crippen molar-refractivity contribution >= 4 is 40.5 Å². The topological polar surface area (TPSA) is 124 Å². The van der Waals surface area contributed by atoms with Crippen LogP contribution in [-0.2, 0) is 14.3 Å². The van der Waals surface area contributed by atoms with Crippen molar-refractivity contribution < 1.29 is 38.7 Å². The second-order valence-electron chi connectivity index (χ2n) is 6.99. The van der Waals surface area contributed by atoms with E-state index in [-0.39, 0.29) is 23.7 Å². The summed E-state index contributed by atoms with van der Waals surface area (Å²) in [6.45, 7) is 3.45. The molecule has 0 amide bonds. The van der Waals surface area contributed by atoms with Crippen molar-refractivity contribution in [3.63, 3.8) is 0 Å². The molecule has 1 heterocycles. The lowest BCUT2D eigenvalue weighted by atomic mass is 10.1. The average molecular weight is 500 g/mol. The second kappa shape index (κ2) is 12.0. The Kier molecular flexibility index (Phi) is 8.80. The van der Waals surface area contributed by atoms with Crippen LogP contribution in [0.3, 0.4) is 0 Å². The second-order valence-corrected chi connectivity index (χ2v) is 8.02. The number of aliphatic hydroxyl groups excluding tert-OH is 1. The minimum atomic E-state index is -1.11. The fourth-order valence-electron chi connectivity index (χ4n) is 3.06. The Bertz CT molecular complexity index is 1180. The molecule has 0 aliphatic carbocycles. The summed E-state index contributed by atoms with van der Waals surface area (Å²) in [6.07, 6.45) is 1.67. The van der Waals surface area contributed by atoms with Gasteiger partial charge in [-0.1, -0.05) is 17.8 Å². The minimum absolute atomic E-state index is 0.0228. The van der Waals surface area contributed by atoms with E-state index in [1.165, 1.54) is 0 Å². The predicted molar refractivity (Wildman–Crippen MR) is 133 cm³/mol. The van der Waals surface area contributed by atoms with Crippen LogP contribution in [0, 0.1) is 0 Å². The van der Waals surface area contributed by atoms with E-state index in [4.69, 9.17) is 24.1 Å². The van der Waals surface area contributed by atoms with Gasteiger partial charge < -0.3 is 29.2 Å². The number of carbonyl (C=O) groups excluding carboxylic acids is 1. The highest BCUT2D eigenvalue weighted by molar-refractivity contribution is 8.18. The molecule has 2 aromatic carbocycles. The van der Waals surface area contributed by atoms with Gasteiger partial charge in [-0.05, 0) is 61.9 Å². The molecular weight excluding hydrogens is 474 g/mol. The molecule has 0 fully saturated rings. The number of rotatable bonds is 10. The van der Waals surface area contributed by atoms with Crippen LogP contribution < -0.4 is 14.2 Å². The fraction of sp³-hybridized carbons (Fsp3) is 0.240. The first kappa shape index (κ1) is 25.7. The molecule has 184 valence electrons. The quantitative estimate of drug-likeness (QED) is 0.446. The van der Waals surface area contributed by atoms with Crippen LogP contribution in [-0.4, -0.2) is 54.1 Å². The standard InChI is InChI=1S/C25H25NO8S/c1-4-32-19-12-15(6-11-18(19)34-14-21(27)28)13-20-23(29)22(25(30)33-5-2)24(35-20)26-16-7-9-17(31-3)10-8-16/h6-13,29H,4-5,14H2,1-3H3,(H,27,28)/b20-13+,26-24?. The number of nitrogens with zero attached hydrogens (tertiary/aromatic N) is 1. The number of aliphatic hydroxyl groups is 1. The first-order valence-electron chi connectivity index (χ1n) is 10.7. The number of ether oxygens (including phenoxy) is 4. The van der Waals surface area contributed by atoms with Gasteiger partial charge in [0.05, 0.1) is 30.9 Å². The van der Waals surface area contributed by atoms with Gasteiger partial charge in [0, 0.05) is 0 Å². The van der Waals surface area contributed by atoms with Crippen LogP contribution in [0.4, 0.5) is 5.69 Å². The molecule has 0 bridgehead atoms. The molecule has 0 unspecified atom stereocenters. The van der Waals surface area contributed by atoms with Crippen LogP contribution in [0.15, 0.2) is 63.7 Å². The summed E-state index contributed by atoms with van der Waals surface area (Å²) < 4.78 is 21.1. The maximum Gasteiger partial charge on any atom is 0.344 e. The zero-order valence-corrected chi connectivity index (χ0v) is 20.3. The Balaban J connectivity index is 1.98. The van der Waals surface area contributed by atoms with Gasteiger partial charge in [0.15, 0.2) is 18.1 Å². The zero-order chi connectivity index (χ0) is 25.4. The van der Waals surface area contributed by atoms with E-state index in [1.807, 2.05) is 0 Å². The van der Waals surface area contributed by atoms with Gasteiger partial charge in [0.25, 0.3) is 0 Å². The van der Waals surface area contributed by atoms with Crippen molar-refractivity contribution in [1.29, 1.82) is 0 Å². The van der Waals surface area contributed by atoms with Crippen LogP contribution in [0.5, 0.6) is 17.2 Å². The maximum atomic E-state index is 12.6. The molecule has 2 aromatic rings. The summed E-state index contributed by atoms with van der Waals surface area (Å²) in [5, 5.41) is 20.0. The summed E-state index contributed by atoms with van der Waals surface area (Å²) in [7, 11) is 1.56. The number of thioether (sulfide) groups is 1. The Morgan fingerprint density at radius 1 is 1.03 bits per heavy atom. The lowest BCUT2D eigenvalue weighted by molar-refractivity contribution is -0.139. The Labute approximate surface area is 206 Å². The van der Waals surface area contributed by atoms with E-state index in [0.29, 0.717) is 39.3 Å². The van der Waals surface area contributed by atoms with Crippen LogP contribution >= 0.6 is 11.8 Å². The van der Waals surface area contributed by atoms with Gasteiger partial charge in [-0.25, -0.2) is 14.6 Å². The Hall–Kier alpha value is -3.92. The third kappa shape index (κ3) is 6.57. The highest BCUT2D eigenvalue weighted by Crippen LogP contribution is 2.41. The van der Waals surface area contributed by atoms with Gasteiger partial charge in [-0.2, -0.15) is 0 Å². The SMILES string of the molecule is CCOC(=O)C1=C(O)/C(=C\c2ccc(OCC(=O)O)c(OCC)c2)SC1=Nc1ccc(OC)cc1. The number of methoxy groups -OCH3 is 1. The molecule has 1 aliphatic heterocycles. The molecule has 0 atom stereocenters. The first-order valence-corrected chi connectivity index (χ1v) is 11.5. The predicted octanol–water partition coefficient (Wildman–Crippen LogP) is 4.75. The summed E-state index contributed by atoms with van der Waals surface area (Å²) in [5.41, 5.74) is 1.19. The molecule has 0 spiro atoms. The molecule has 0 saturated carbocycles. The number of hydrogen-bond donors (Lipinski definition) is 2. The number of hydrogen-bond acceptors (Lipinski definition) is 9. The summed E-state index contributed by atoms with van der Waals surface area (Å²) in [5.74, 6) is -0.730. The van der Waals surface area contributed by atoms with E-state index < -0.39 is 18.5 Å². The summed E-state index contributed by atoms with van der Waals surface area (Å²) in [4.78, 5) is 28.4. The smallest absolute Gasteiger partial charge is 0.344 e. The maximum absolute atomic E-state index is 12.6. The first-order chi connectivity index (χ1) is 16.9. The number of aliphatic carboxylic acids is 1. The van der Waals surface area contributed by atoms with Crippen molar-refractivity contribution in [2.75, 3.05) is 26.9 Å². The third-order valence-corrected chi connectivity index (χ3v) is 5.61. The normalized spacial score (nSPS) is 15.4. The van der Waals surface area contributed by atoms with Crippen molar-refractivity contribution in [2.24, 2.45) is 4.99 Å². The molecule has 1 aliphatic rings. The number of esters is 1. The number of benzene rings is 2. The summed E-state index contributed by atoms with van der Waals surface area (Å²) in [6, 6.07) is 11.9. The Morgan fingerprint density at radius 3 is 2.40 bits per heavy atom. The average Bonchev–Trinajstić information content (AvgIpc) is 3.13. The van der Waals surface area contributed by atoms with Gasteiger partial charge in [-0.3, -0.25) is 0 Å². The molecule has 0 aromatic heterocycles. The lowest BCUT2D eigenvalue weighted by Crippen LogP contribution is -2.12. The van der Waals surface area contributed by atoms with E-state index in [9.17, 15) is 14.7 Å². The van der Waals surface area contributed by atoms with Gasteiger partial charge in [0.2, 0.25) is 0 Å². The molecule has 0 radical (unpaired) electrons. The number of aliphatic imine (C=N–C) groups is 1. The molecule has 0 saturated heterocycles. The lowest BCUT2D eigenvalue weighted by Gasteiger charge is -2.11. The molecule has 10 heteroatoms. The molecule has 35 heavy (non-hydrogen) atoms. The monoisotopic (exact) mass is 499 g/mol. The van der Waals surface area contributed by atoms with Crippen molar-refractivity contribution in [3.8, 4) is 17.2 Å². The molecular formula is C25H25NO8S. The fourth-order valence-corrected chi connectivity index (χ4v) is 4.09. The number of carbonyl (C=O) groups is 2. The molecule has 9 nitrogen and oxygen atoms in total. The molecule has 3 rings (SSSR count). The van der Waals surface area contributed by atoms with E-state index in [2.05, 4.69) is 4.99 Å². The van der Waals surface area contributed by atoms with E-state index >= 15 is 0 Å². The third-order valence-electron chi connectivity index (χ3n) is 4.59. The highest BCUT2D eigenvalue weighted by Gasteiger charge is 2.33. The van der Waals surface area contributed by atoms with Crippen molar-refractivity contribution in [2.45, 2.75) is 13.8 Å². The highest BCUT2D eigenvalue weighted by atomic mass is 32.2. The van der Waals surface area contributed by atoms with Crippen LogP contribution in [0.2, 0.25) is 0 Å². The van der Waals surface area contributed by atoms with Gasteiger partial charge >= 0.3 is 11.9 Å². The van der Waals surface area contributed by atoms with Crippen LogP contribution in [0.25, 0.3) is 6.08 Å². The van der Waals surface area contributed by atoms with Gasteiger partial charge in [0.1, 0.15) is 22.1 Å². The van der Waals surface area contributed by atoms with Crippen molar-refractivity contribution in [1.82, 2.24) is 0 Å². The number of carboxylic acid groups (broad SMARTS) is 1. The number of carboxylic acids is 1. The van der Waals surface area contributed by atoms with Crippen LogP contribution in [0.1, 0.15) is 19.4 Å². The minimum Gasteiger partial charge on any atom is -0.506 e. The van der Waals surface area contributed by atoms with E-state index in [0.717, 1.165) is 11.8 Å². The largest absolute Gasteiger partial charge is 0.506 e. The molecule has 2 N–H and O–H groups in total. The zero-order valence-electron chi connectivity index (χ0n) is 19.4. The van der Waals surface area contributed by atoms with Gasteiger partial charge in [-0.15, -0.1) is 0 Å². The Morgan fingerprint density at radius 2 is 1.77 bits per heavy atom. The van der Waals surface area contributed by atoms with Crippen molar-refractivity contribution in [3.05, 3.63) is 64.3 Å². The van der Waals surface area contributed by atoms with E-state index in [1.54, 1.807) is 69.5 Å². The summed E-state index contributed by atoms with van der Waals surface area (Å²) >= 11 is 1.12.